The molecule has 6 heteroatoms. The second kappa shape index (κ2) is 4.31. The molecule has 3 rings (SSSR count). The van der Waals surface area contributed by atoms with E-state index in [9.17, 15) is 13.2 Å². The first-order chi connectivity index (χ1) is 9.04. The van der Waals surface area contributed by atoms with Crippen LogP contribution in [-0.4, -0.2) is 48.9 Å². The Morgan fingerprint density at radius 2 is 2.00 bits per heavy atom. The van der Waals surface area contributed by atoms with Crippen LogP contribution in [0.4, 0.5) is 0 Å². The zero-order chi connectivity index (χ0) is 13.6. The summed E-state index contributed by atoms with van der Waals surface area (Å²) in [4.78, 5) is 14.0. The van der Waals surface area contributed by atoms with Crippen molar-refractivity contribution >= 4 is 15.9 Å². The Hall–Kier alpha value is -1.40. The Morgan fingerprint density at radius 1 is 1.26 bits per heavy atom. The zero-order valence-corrected chi connectivity index (χ0v) is 11.6. The van der Waals surface area contributed by atoms with Crippen molar-refractivity contribution in [1.29, 1.82) is 0 Å². The van der Waals surface area contributed by atoms with Crippen LogP contribution >= 0.6 is 0 Å². The van der Waals surface area contributed by atoms with Crippen LogP contribution in [0.2, 0.25) is 0 Å². The largest absolute Gasteiger partial charge is 0.329 e. The van der Waals surface area contributed by atoms with Gasteiger partial charge in [-0.15, -0.1) is 0 Å². The van der Waals surface area contributed by atoms with E-state index in [1.54, 1.807) is 11.8 Å². The lowest BCUT2D eigenvalue weighted by Gasteiger charge is -2.36. The van der Waals surface area contributed by atoms with Gasteiger partial charge in [0.15, 0.2) is 0 Å². The molecule has 2 aliphatic heterocycles. The van der Waals surface area contributed by atoms with Gasteiger partial charge in [-0.25, -0.2) is 8.42 Å². The molecule has 1 saturated heterocycles. The van der Waals surface area contributed by atoms with Crippen molar-refractivity contribution in [2.45, 2.75) is 13.0 Å². The average molecular weight is 280 g/mol. The molecular formula is C13H16N2O3S. The Bertz CT molecular complexity index is 627. The van der Waals surface area contributed by atoms with Gasteiger partial charge in [-0.1, -0.05) is 18.2 Å². The van der Waals surface area contributed by atoms with Gasteiger partial charge in [0.1, 0.15) is 0 Å². The fourth-order valence-corrected chi connectivity index (χ4v) is 3.93. The molecule has 2 heterocycles. The van der Waals surface area contributed by atoms with E-state index in [0.717, 1.165) is 5.56 Å². The highest BCUT2D eigenvalue weighted by Gasteiger charge is 2.42. The topological polar surface area (TPSA) is 57.7 Å². The van der Waals surface area contributed by atoms with Crippen molar-refractivity contribution < 1.29 is 13.2 Å². The Kier molecular flexibility index (Phi) is 2.87. The number of piperazine rings is 1. The second-order valence-electron chi connectivity index (χ2n) is 4.86. The molecule has 1 fully saturated rings. The predicted octanol–water partition coefficient (Wildman–Crippen LogP) is 0.849. The number of hydrogen-bond acceptors (Lipinski definition) is 3. The summed E-state index contributed by atoms with van der Waals surface area (Å²) in [7, 11) is -3.18. The van der Waals surface area contributed by atoms with Crippen LogP contribution in [0, 0.1) is 0 Å². The van der Waals surface area contributed by atoms with Gasteiger partial charge in [-0.3, -0.25) is 4.79 Å². The lowest BCUT2D eigenvalue weighted by molar-refractivity contribution is 0.0628. The number of sulfonamides is 1. The number of carbonyl (C=O) groups is 1. The summed E-state index contributed by atoms with van der Waals surface area (Å²) in [5.41, 5.74) is 1.66. The van der Waals surface area contributed by atoms with Gasteiger partial charge < -0.3 is 4.90 Å². The number of rotatable bonds is 2. The van der Waals surface area contributed by atoms with Gasteiger partial charge in [-0.05, 0) is 18.6 Å². The number of benzene rings is 1. The highest BCUT2D eigenvalue weighted by atomic mass is 32.2. The minimum Gasteiger partial charge on any atom is -0.329 e. The molecular weight excluding hydrogens is 264 g/mol. The van der Waals surface area contributed by atoms with E-state index >= 15 is 0 Å². The molecule has 2 aliphatic rings. The Balaban J connectivity index is 1.95. The van der Waals surface area contributed by atoms with Crippen molar-refractivity contribution in [1.82, 2.24) is 9.21 Å². The Morgan fingerprint density at radius 3 is 2.74 bits per heavy atom. The van der Waals surface area contributed by atoms with E-state index in [2.05, 4.69) is 0 Å². The quantitative estimate of drug-likeness (QED) is 0.807. The highest BCUT2D eigenvalue weighted by Crippen LogP contribution is 2.36. The summed E-state index contributed by atoms with van der Waals surface area (Å²) >= 11 is 0. The van der Waals surface area contributed by atoms with E-state index in [4.69, 9.17) is 0 Å². The SMILES string of the molecule is CCS(=O)(=O)N1CCN2C(=O)c3ccccc3[C@H]2C1. The number of hydrogen-bond donors (Lipinski definition) is 0. The monoisotopic (exact) mass is 280 g/mol. The molecule has 0 unspecified atom stereocenters. The number of carbonyl (C=O) groups excluding carboxylic acids is 1. The summed E-state index contributed by atoms with van der Waals surface area (Å²) < 4.78 is 25.4. The van der Waals surface area contributed by atoms with Crippen LogP contribution in [0.1, 0.15) is 28.9 Å². The van der Waals surface area contributed by atoms with E-state index in [-0.39, 0.29) is 17.7 Å². The standard InChI is InChI=1S/C13H16N2O3S/c1-2-19(17,18)14-7-8-15-12(9-14)10-5-3-4-6-11(10)13(15)16/h3-6,12H,2,7-9H2,1H3/t12-/m1/s1. The first-order valence-corrected chi connectivity index (χ1v) is 8.03. The minimum absolute atomic E-state index is 0.0224. The maximum absolute atomic E-state index is 12.2. The Labute approximate surface area is 112 Å². The van der Waals surface area contributed by atoms with Crippen LogP contribution in [0.3, 0.4) is 0 Å². The van der Waals surface area contributed by atoms with Gasteiger partial charge in [0.2, 0.25) is 10.0 Å². The van der Waals surface area contributed by atoms with Crippen molar-refractivity contribution in [3.05, 3.63) is 35.4 Å². The van der Waals surface area contributed by atoms with E-state index in [0.29, 0.717) is 25.2 Å². The third kappa shape index (κ3) is 1.86. The molecule has 0 aliphatic carbocycles. The fraction of sp³-hybridized carbons (Fsp3) is 0.462. The number of fused-ring (bicyclic) bond motifs is 3. The molecule has 1 amide bonds. The van der Waals surface area contributed by atoms with Crippen LogP contribution < -0.4 is 0 Å². The summed E-state index contributed by atoms with van der Waals surface area (Å²) in [5, 5.41) is 0. The fourth-order valence-electron chi connectivity index (χ4n) is 2.84. The molecule has 5 nitrogen and oxygen atoms in total. The van der Waals surface area contributed by atoms with E-state index in [1.165, 1.54) is 4.31 Å². The third-order valence-electron chi connectivity index (χ3n) is 3.91. The van der Waals surface area contributed by atoms with Crippen LogP contribution in [0.5, 0.6) is 0 Å². The number of nitrogens with zero attached hydrogens (tertiary/aromatic N) is 2. The molecule has 0 bridgehead atoms. The molecule has 102 valence electrons. The molecule has 19 heavy (non-hydrogen) atoms. The summed E-state index contributed by atoms with van der Waals surface area (Å²) in [6.45, 7) is 2.89. The van der Waals surface area contributed by atoms with Gasteiger partial charge in [0.25, 0.3) is 5.91 Å². The van der Waals surface area contributed by atoms with Crippen molar-refractivity contribution in [3.63, 3.8) is 0 Å². The van der Waals surface area contributed by atoms with Crippen LogP contribution in [-0.2, 0) is 10.0 Å². The van der Waals surface area contributed by atoms with Gasteiger partial charge >= 0.3 is 0 Å². The number of amides is 1. The second-order valence-corrected chi connectivity index (χ2v) is 7.12. The molecule has 1 aromatic carbocycles. The van der Waals surface area contributed by atoms with Gasteiger partial charge in [0, 0.05) is 25.2 Å². The smallest absolute Gasteiger partial charge is 0.254 e. The summed E-state index contributed by atoms with van der Waals surface area (Å²) in [5.74, 6) is 0.129. The van der Waals surface area contributed by atoms with Crippen molar-refractivity contribution in [2.24, 2.45) is 0 Å². The predicted molar refractivity (Wildman–Crippen MR) is 71.3 cm³/mol. The third-order valence-corrected chi connectivity index (χ3v) is 5.76. The van der Waals surface area contributed by atoms with Crippen LogP contribution in [0.15, 0.2) is 24.3 Å². The molecule has 0 radical (unpaired) electrons. The maximum Gasteiger partial charge on any atom is 0.254 e. The van der Waals surface area contributed by atoms with Crippen LogP contribution in [0.25, 0.3) is 0 Å². The lowest BCUT2D eigenvalue weighted by Crippen LogP contribution is -2.49. The highest BCUT2D eigenvalue weighted by molar-refractivity contribution is 7.89. The molecule has 0 aromatic heterocycles. The minimum atomic E-state index is -3.18. The molecule has 0 saturated carbocycles. The normalized spacial score (nSPS) is 23.3. The van der Waals surface area contributed by atoms with E-state index in [1.807, 2.05) is 24.3 Å². The van der Waals surface area contributed by atoms with Crippen molar-refractivity contribution in [2.75, 3.05) is 25.4 Å². The summed E-state index contributed by atoms with van der Waals surface area (Å²) in [6, 6.07) is 7.34. The molecule has 0 N–H and O–H groups in total. The zero-order valence-electron chi connectivity index (χ0n) is 10.7. The lowest BCUT2D eigenvalue weighted by atomic mass is 10.0. The van der Waals surface area contributed by atoms with Gasteiger partial charge in [-0.2, -0.15) is 4.31 Å². The first-order valence-electron chi connectivity index (χ1n) is 6.42. The average Bonchev–Trinajstić information content (AvgIpc) is 2.73. The van der Waals surface area contributed by atoms with Gasteiger partial charge in [0.05, 0.1) is 11.8 Å². The molecule has 1 aromatic rings. The molecule has 1 atom stereocenters. The molecule has 0 spiro atoms. The first kappa shape index (κ1) is 12.6. The maximum atomic E-state index is 12.2. The summed E-state index contributed by atoms with van der Waals surface area (Å²) in [6.07, 6.45) is 0. The van der Waals surface area contributed by atoms with E-state index < -0.39 is 10.0 Å². The van der Waals surface area contributed by atoms with Crippen molar-refractivity contribution in [3.8, 4) is 0 Å².